The van der Waals surface area contributed by atoms with E-state index < -0.39 is 29.9 Å². The summed E-state index contributed by atoms with van der Waals surface area (Å²) in [5.41, 5.74) is -0.417. The van der Waals surface area contributed by atoms with Gasteiger partial charge >= 0.3 is 18.0 Å². The lowest BCUT2D eigenvalue weighted by atomic mass is 9.87. The molecule has 36 heavy (non-hydrogen) atoms. The van der Waals surface area contributed by atoms with Gasteiger partial charge in [0.2, 0.25) is 0 Å². The highest BCUT2D eigenvalue weighted by atomic mass is 16.6. The van der Waals surface area contributed by atoms with Gasteiger partial charge in [-0.05, 0) is 50.7 Å². The largest absolute Gasteiger partial charge is 0.457 e. The predicted molar refractivity (Wildman–Crippen MR) is 139 cm³/mol. The second-order valence-corrected chi connectivity index (χ2v) is 10.2. The molecule has 8 heteroatoms. The molecule has 0 unspecified atom stereocenters. The van der Waals surface area contributed by atoms with Crippen LogP contribution < -0.4 is 5.32 Å². The van der Waals surface area contributed by atoms with Crippen molar-refractivity contribution in [3.8, 4) is 0 Å². The van der Waals surface area contributed by atoms with E-state index >= 15 is 0 Å². The maximum Gasteiger partial charge on any atom is 0.407 e. The van der Waals surface area contributed by atoms with E-state index in [2.05, 4.69) is 5.32 Å². The van der Waals surface area contributed by atoms with Gasteiger partial charge in [-0.1, -0.05) is 52.0 Å². The van der Waals surface area contributed by atoms with Crippen molar-refractivity contribution >= 4 is 18.0 Å². The van der Waals surface area contributed by atoms with Crippen molar-refractivity contribution < 1.29 is 33.7 Å². The van der Waals surface area contributed by atoms with Gasteiger partial charge in [0.25, 0.3) is 0 Å². The average molecular weight is 508 g/mol. The van der Waals surface area contributed by atoms with Gasteiger partial charge in [0.1, 0.15) is 17.8 Å². The molecule has 0 saturated carbocycles. The number of allylic oxidation sites excluding steroid dienone is 2. The van der Waals surface area contributed by atoms with Gasteiger partial charge in [0, 0.05) is 31.7 Å². The van der Waals surface area contributed by atoms with E-state index in [1.165, 1.54) is 6.92 Å². The fourth-order valence-electron chi connectivity index (χ4n) is 3.83. The van der Waals surface area contributed by atoms with Crippen molar-refractivity contribution in [1.82, 2.24) is 5.32 Å². The van der Waals surface area contributed by atoms with Gasteiger partial charge in [-0.3, -0.25) is 9.59 Å². The topological polar surface area (TPSA) is 111 Å². The number of hydrogen-bond donors (Lipinski definition) is 2. The van der Waals surface area contributed by atoms with Crippen LogP contribution in [0.25, 0.3) is 0 Å². The molecule has 1 aliphatic heterocycles. The number of aliphatic hydroxyl groups is 1. The quantitative estimate of drug-likeness (QED) is 0.209. The molecule has 8 nitrogen and oxygen atoms in total. The average Bonchev–Trinajstić information content (AvgIpc) is 2.80. The number of nitrogens with one attached hydrogen (secondary N) is 1. The Morgan fingerprint density at radius 3 is 2.64 bits per heavy atom. The molecule has 1 heterocycles. The first-order valence-corrected chi connectivity index (χ1v) is 12.9. The molecule has 0 saturated heterocycles. The standard InChI is InChI=1S/C28H45NO7/c1-8-16-29-27(32)34-18-20(3)10-9-11-21(4)26-22(5)12-13-24(35-23(6)30)28(7,33)15-14-19(2)17-25(31)36-26/h9-13,19-20,22,24,26,33H,8,14-18H2,1-7H3,(H,29,32)/b10-9+,13-12+,21-11+/t19-,20-,22+,24+,26-,28-/m1/s1. The van der Waals surface area contributed by atoms with Crippen molar-refractivity contribution in [2.75, 3.05) is 13.2 Å². The van der Waals surface area contributed by atoms with Gasteiger partial charge in [-0.2, -0.15) is 0 Å². The second kappa shape index (κ2) is 15.5. The van der Waals surface area contributed by atoms with Crippen LogP contribution in [-0.2, 0) is 23.8 Å². The van der Waals surface area contributed by atoms with Crippen LogP contribution in [0.5, 0.6) is 0 Å². The second-order valence-electron chi connectivity index (χ2n) is 10.2. The molecule has 2 N–H and O–H groups in total. The lowest BCUT2D eigenvalue weighted by molar-refractivity contribution is -0.156. The van der Waals surface area contributed by atoms with E-state index in [-0.39, 0.29) is 36.8 Å². The third-order valence-electron chi connectivity index (χ3n) is 6.13. The minimum atomic E-state index is -1.26. The Morgan fingerprint density at radius 2 is 2.00 bits per heavy atom. The van der Waals surface area contributed by atoms with Crippen LogP contribution in [0.2, 0.25) is 0 Å². The normalized spacial score (nSPS) is 29.9. The third-order valence-corrected chi connectivity index (χ3v) is 6.13. The molecule has 0 aromatic heterocycles. The van der Waals surface area contributed by atoms with Crippen LogP contribution in [0.15, 0.2) is 36.0 Å². The minimum absolute atomic E-state index is 0.000808. The molecule has 0 aliphatic carbocycles. The Hall–Kier alpha value is -2.61. The highest BCUT2D eigenvalue weighted by molar-refractivity contribution is 5.70. The zero-order valence-electron chi connectivity index (χ0n) is 22.9. The predicted octanol–water partition coefficient (Wildman–Crippen LogP) is 4.87. The fraction of sp³-hybridized carbons (Fsp3) is 0.679. The SMILES string of the molecule is CCCNC(=O)OC[C@H](C)/C=C/C=C(\C)[C@H]1OC(=O)C[C@H](C)CC[C@@](C)(O)[C@@H](OC(C)=O)/C=C/[C@@H]1C. The number of carbonyl (C=O) groups excluding carboxylic acids is 3. The molecule has 1 amide bonds. The number of rotatable bonds is 8. The molecule has 0 radical (unpaired) electrons. The molecule has 0 spiro atoms. The summed E-state index contributed by atoms with van der Waals surface area (Å²) in [6.45, 7) is 13.5. The Bertz CT molecular complexity index is 815. The maximum absolute atomic E-state index is 12.7. The summed E-state index contributed by atoms with van der Waals surface area (Å²) in [5, 5.41) is 13.7. The summed E-state index contributed by atoms with van der Waals surface area (Å²) in [6.07, 6.45) is 9.45. The molecular weight excluding hydrogens is 462 g/mol. The Balaban J connectivity index is 3.02. The van der Waals surface area contributed by atoms with Crippen LogP contribution in [-0.4, -0.2) is 54.1 Å². The molecule has 6 atom stereocenters. The van der Waals surface area contributed by atoms with Crippen molar-refractivity contribution in [2.24, 2.45) is 17.8 Å². The molecule has 204 valence electrons. The van der Waals surface area contributed by atoms with Crippen LogP contribution in [0.4, 0.5) is 4.79 Å². The number of cyclic esters (lactones) is 1. The van der Waals surface area contributed by atoms with Crippen molar-refractivity contribution in [3.05, 3.63) is 36.0 Å². The third kappa shape index (κ3) is 11.9. The van der Waals surface area contributed by atoms with E-state index in [4.69, 9.17) is 14.2 Å². The molecule has 1 aliphatic rings. The van der Waals surface area contributed by atoms with E-state index in [9.17, 15) is 19.5 Å². The van der Waals surface area contributed by atoms with Crippen molar-refractivity contribution in [3.63, 3.8) is 0 Å². The van der Waals surface area contributed by atoms with Crippen LogP contribution >= 0.6 is 0 Å². The number of ether oxygens (including phenoxy) is 3. The summed E-state index contributed by atoms with van der Waals surface area (Å²) in [6, 6.07) is 0. The smallest absolute Gasteiger partial charge is 0.407 e. The number of amides is 1. The Kier molecular flexibility index (Phi) is 13.5. The molecule has 0 aromatic carbocycles. The first-order chi connectivity index (χ1) is 16.9. The van der Waals surface area contributed by atoms with Gasteiger partial charge in [-0.25, -0.2) is 4.79 Å². The van der Waals surface area contributed by atoms with Crippen LogP contribution in [0.3, 0.4) is 0 Å². The maximum atomic E-state index is 12.7. The molecule has 0 fully saturated rings. The fourth-order valence-corrected chi connectivity index (χ4v) is 3.83. The van der Waals surface area contributed by atoms with E-state index in [1.54, 1.807) is 13.0 Å². The minimum Gasteiger partial charge on any atom is -0.457 e. The summed E-state index contributed by atoms with van der Waals surface area (Å²) < 4.78 is 16.5. The molecule has 1 rings (SSSR count). The van der Waals surface area contributed by atoms with Gasteiger partial charge < -0.3 is 24.6 Å². The van der Waals surface area contributed by atoms with Crippen LogP contribution in [0, 0.1) is 17.8 Å². The van der Waals surface area contributed by atoms with E-state index in [1.807, 2.05) is 58.9 Å². The summed E-state index contributed by atoms with van der Waals surface area (Å²) in [4.78, 5) is 35.9. The Labute approximate surface area is 216 Å². The lowest BCUT2D eigenvalue weighted by Gasteiger charge is -2.32. The number of esters is 2. The lowest BCUT2D eigenvalue weighted by Crippen LogP contribution is -2.41. The zero-order chi connectivity index (χ0) is 27.3. The van der Waals surface area contributed by atoms with Gasteiger partial charge in [-0.15, -0.1) is 0 Å². The first kappa shape index (κ1) is 31.4. The monoisotopic (exact) mass is 507 g/mol. The van der Waals surface area contributed by atoms with Crippen molar-refractivity contribution in [2.45, 2.75) is 92.0 Å². The highest BCUT2D eigenvalue weighted by Gasteiger charge is 2.34. The van der Waals surface area contributed by atoms with E-state index in [0.29, 0.717) is 19.4 Å². The summed E-state index contributed by atoms with van der Waals surface area (Å²) in [5.74, 6) is -0.986. The summed E-state index contributed by atoms with van der Waals surface area (Å²) in [7, 11) is 0. The first-order valence-electron chi connectivity index (χ1n) is 12.9. The molecule has 0 aromatic rings. The van der Waals surface area contributed by atoms with Gasteiger partial charge in [0.05, 0.1) is 6.61 Å². The van der Waals surface area contributed by atoms with Gasteiger partial charge in [0.15, 0.2) is 0 Å². The van der Waals surface area contributed by atoms with Crippen molar-refractivity contribution in [1.29, 1.82) is 0 Å². The molecule has 0 bridgehead atoms. The highest BCUT2D eigenvalue weighted by Crippen LogP contribution is 2.28. The Morgan fingerprint density at radius 1 is 1.31 bits per heavy atom. The zero-order valence-corrected chi connectivity index (χ0v) is 22.9. The summed E-state index contributed by atoms with van der Waals surface area (Å²) >= 11 is 0. The van der Waals surface area contributed by atoms with E-state index in [0.717, 1.165) is 12.0 Å². The number of carbonyl (C=O) groups is 3. The van der Waals surface area contributed by atoms with Crippen LogP contribution in [0.1, 0.15) is 74.1 Å². The number of hydrogen-bond acceptors (Lipinski definition) is 7. The molecular formula is C28H45NO7. The number of alkyl carbamates (subject to hydrolysis) is 1.